The van der Waals surface area contributed by atoms with Crippen molar-refractivity contribution in [1.82, 2.24) is 5.43 Å². The van der Waals surface area contributed by atoms with E-state index in [9.17, 15) is 4.79 Å². The van der Waals surface area contributed by atoms with Crippen molar-refractivity contribution in [2.75, 3.05) is 0 Å². The third kappa shape index (κ3) is 5.80. The maximum Gasteiger partial charge on any atom is 0.271 e. The van der Waals surface area contributed by atoms with Crippen LogP contribution in [0.2, 0.25) is 5.02 Å². The maximum absolute atomic E-state index is 12.1. The van der Waals surface area contributed by atoms with Gasteiger partial charge in [0.05, 0.1) is 11.2 Å². The van der Waals surface area contributed by atoms with Crippen LogP contribution in [0.4, 0.5) is 0 Å². The minimum absolute atomic E-state index is 0.265. The molecule has 6 heteroatoms. The van der Waals surface area contributed by atoms with Crippen LogP contribution >= 0.6 is 34.2 Å². The molecule has 1 N–H and O–H groups in total. The summed E-state index contributed by atoms with van der Waals surface area (Å²) >= 11 is 8.43. The Morgan fingerprint density at radius 3 is 2.63 bits per heavy atom. The number of carbonyl (C=O) groups excluding carboxylic acids is 1. The molecule has 27 heavy (non-hydrogen) atoms. The number of amides is 1. The average Bonchev–Trinajstić information content (AvgIpc) is 2.68. The Bertz CT molecular complexity index is 961. The summed E-state index contributed by atoms with van der Waals surface area (Å²) in [7, 11) is 0. The smallest absolute Gasteiger partial charge is 0.271 e. The molecule has 0 fully saturated rings. The molecule has 0 aliphatic carbocycles. The van der Waals surface area contributed by atoms with E-state index in [1.54, 1.807) is 30.5 Å². The van der Waals surface area contributed by atoms with Crippen molar-refractivity contribution in [2.24, 2.45) is 5.10 Å². The lowest BCUT2D eigenvalue weighted by Gasteiger charge is -2.08. The molecule has 0 spiro atoms. The van der Waals surface area contributed by atoms with Crippen LogP contribution in [0.5, 0.6) is 5.75 Å². The SMILES string of the molecule is O=C(N/N=C\c1ccc(OCc2ccccc2)c(Cl)c1)c1cccc(I)c1. The highest BCUT2D eigenvalue weighted by atomic mass is 127. The number of nitrogens with one attached hydrogen (secondary N) is 1. The van der Waals surface area contributed by atoms with Gasteiger partial charge in [0.15, 0.2) is 0 Å². The molecule has 0 atom stereocenters. The van der Waals surface area contributed by atoms with E-state index in [-0.39, 0.29) is 5.91 Å². The molecule has 136 valence electrons. The monoisotopic (exact) mass is 490 g/mol. The highest BCUT2D eigenvalue weighted by molar-refractivity contribution is 14.1. The van der Waals surface area contributed by atoms with Crippen LogP contribution in [0.3, 0.4) is 0 Å². The maximum atomic E-state index is 12.1. The number of rotatable bonds is 6. The lowest BCUT2D eigenvalue weighted by atomic mass is 10.2. The van der Waals surface area contributed by atoms with E-state index in [0.29, 0.717) is 22.9 Å². The van der Waals surface area contributed by atoms with Crippen molar-refractivity contribution in [3.63, 3.8) is 0 Å². The zero-order valence-corrected chi connectivity index (χ0v) is 17.1. The number of carbonyl (C=O) groups is 1. The molecular weight excluding hydrogens is 475 g/mol. The van der Waals surface area contributed by atoms with Gasteiger partial charge in [0.2, 0.25) is 0 Å². The van der Waals surface area contributed by atoms with Crippen LogP contribution < -0.4 is 10.2 Å². The number of hydrogen-bond acceptors (Lipinski definition) is 3. The normalized spacial score (nSPS) is 10.7. The molecule has 3 rings (SSSR count). The summed E-state index contributed by atoms with van der Waals surface area (Å²) in [6.07, 6.45) is 1.54. The Hall–Kier alpha value is -2.38. The first-order chi connectivity index (χ1) is 13.1. The molecule has 3 aromatic rings. The molecule has 0 heterocycles. The molecule has 0 bridgehead atoms. The van der Waals surface area contributed by atoms with Gasteiger partial charge in [-0.3, -0.25) is 4.79 Å². The lowest BCUT2D eigenvalue weighted by molar-refractivity contribution is 0.0955. The first-order valence-corrected chi connectivity index (χ1v) is 9.63. The minimum atomic E-state index is -0.265. The standard InChI is InChI=1S/C21H16ClIN2O2/c22-19-11-16(9-10-20(19)27-14-15-5-2-1-3-6-15)13-24-25-21(26)17-7-4-8-18(23)12-17/h1-13H,14H2,(H,25,26)/b24-13-. The van der Waals surface area contributed by atoms with E-state index in [1.165, 1.54) is 0 Å². The Labute approximate surface area is 176 Å². The highest BCUT2D eigenvalue weighted by Gasteiger charge is 2.05. The number of hydrogen-bond donors (Lipinski definition) is 1. The van der Waals surface area contributed by atoms with Gasteiger partial charge >= 0.3 is 0 Å². The van der Waals surface area contributed by atoms with Crippen LogP contribution in [-0.2, 0) is 6.61 Å². The number of ether oxygens (including phenoxy) is 1. The van der Waals surface area contributed by atoms with Gasteiger partial charge in [0.25, 0.3) is 5.91 Å². The quantitative estimate of drug-likeness (QED) is 0.290. The fraction of sp³-hybridized carbons (Fsp3) is 0.0476. The van der Waals surface area contributed by atoms with E-state index in [1.807, 2.05) is 48.5 Å². The first-order valence-electron chi connectivity index (χ1n) is 8.17. The van der Waals surface area contributed by atoms with E-state index >= 15 is 0 Å². The Balaban J connectivity index is 1.58. The second-order valence-corrected chi connectivity index (χ2v) is 7.33. The number of nitrogens with zero attached hydrogens (tertiary/aromatic N) is 1. The largest absolute Gasteiger partial charge is 0.487 e. The minimum Gasteiger partial charge on any atom is -0.487 e. The molecule has 1 amide bonds. The summed E-state index contributed by atoms with van der Waals surface area (Å²) in [4.78, 5) is 12.1. The van der Waals surface area contributed by atoms with Gasteiger partial charge in [0, 0.05) is 9.13 Å². The van der Waals surface area contributed by atoms with Gasteiger partial charge in [0.1, 0.15) is 12.4 Å². The molecule has 0 saturated carbocycles. The summed E-state index contributed by atoms with van der Waals surface area (Å²) in [5.41, 5.74) is 4.89. The van der Waals surface area contributed by atoms with Crippen LogP contribution in [-0.4, -0.2) is 12.1 Å². The summed E-state index contributed by atoms with van der Waals surface area (Å²) in [6, 6.07) is 22.5. The molecule has 0 unspecified atom stereocenters. The average molecular weight is 491 g/mol. The van der Waals surface area contributed by atoms with Gasteiger partial charge in [-0.25, -0.2) is 5.43 Å². The third-order valence-corrected chi connectivity index (χ3v) is 4.63. The van der Waals surface area contributed by atoms with Gasteiger partial charge < -0.3 is 4.74 Å². The number of halogens is 2. The number of hydrazone groups is 1. The van der Waals surface area contributed by atoms with E-state index in [4.69, 9.17) is 16.3 Å². The fourth-order valence-electron chi connectivity index (χ4n) is 2.31. The highest BCUT2D eigenvalue weighted by Crippen LogP contribution is 2.25. The van der Waals surface area contributed by atoms with Crippen LogP contribution in [0, 0.1) is 3.57 Å². The van der Waals surface area contributed by atoms with Gasteiger partial charge in [-0.05, 0) is 70.1 Å². The second-order valence-electron chi connectivity index (χ2n) is 5.67. The van der Waals surface area contributed by atoms with E-state index in [2.05, 4.69) is 33.1 Å². The predicted octanol–water partition coefficient (Wildman–Crippen LogP) is 5.29. The Kier molecular flexibility index (Phi) is 6.84. The molecule has 0 radical (unpaired) electrons. The van der Waals surface area contributed by atoms with Crippen LogP contribution in [0.15, 0.2) is 77.9 Å². The molecule has 3 aromatic carbocycles. The van der Waals surface area contributed by atoms with Crippen LogP contribution in [0.1, 0.15) is 21.5 Å². The molecule has 0 aromatic heterocycles. The Morgan fingerprint density at radius 2 is 1.89 bits per heavy atom. The van der Waals surface area contributed by atoms with Crippen molar-refractivity contribution in [3.8, 4) is 5.75 Å². The fourth-order valence-corrected chi connectivity index (χ4v) is 3.10. The summed E-state index contributed by atoms with van der Waals surface area (Å²) in [5, 5.41) is 4.47. The van der Waals surface area contributed by atoms with Crippen molar-refractivity contribution < 1.29 is 9.53 Å². The van der Waals surface area contributed by atoms with Gasteiger partial charge in [-0.1, -0.05) is 48.0 Å². The van der Waals surface area contributed by atoms with Gasteiger partial charge in [-0.2, -0.15) is 5.10 Å². The van der Waals surface area contributed by atoms with Crippen LogP contribution in [0.25, 0.3) is 0 Å². The van der Waals surface area contributed by atoms with Crippen molar-refractivity contribution in [2.45, 2.75) is 6.61 Å². The molecule has 0 aliphatic rings. The third-order valence-electron chi connectivity index (χ3n) is 3.66. The first kappa shape index (κ1) is 19.4. The predicted molar refractivity (Wildman–Crippen MR) is 116 cm³/mol. The summed E-state index contributed by atoms with van der Waals surface area (Å²) in [6.45, 7) is 0.444. The van der Waals surface area contributed by atoms with Gasteiger partial charge in [-0.15, -0.1) is 0 Å². The lowest BCUT2D eigenvalue weighted by Crippen LogP contribution is -2.17. The van der Waals surface area contributed by atoms with Crippen molar-refractivity contribution in [3.05, 3.63) is 98.1 Å². The summed E-state index contributed by atoms with van der Waals surface area (Å²) in [5.74, 6) is 0.333. The summed E-state index contributed by atoms with van der Waals surface area (Å²) < 4.78 is 6.73. The zero-order chi connectivity index (χ0) is 19.1. The van der Waals surface area contributed by atoms with Crippen molar-refractivity contribution in [1.29, 1.82) is 0 Å². The molecule has 4 nitrogen and oxygen atoms in total. The Morgan fingerprint density at radius 1 is 1.07 bits per heavy atom. The van der Waals surface area contributed by atoms with E-state index < -0.39 is 0 Å². The second kappa shape index (κ2) is 9.53. The molecular formula is C21H16ClIN2O2. The van der Waals surface area contributed by atoms with Crippen molar-refractivity contribution >= 4 is 46.3 Å². The number of benzene rings is 3. The molecule has 0 saturated heterocycles. The zero-order valence-electron chi connectivity index (χ0n) is 14.2. The topological polar surface area (TPSA) is 50.7 Å². The van der Waals surface area contributed by atoms with E-state index in [0.717, 1.165) is 14.7 Å². The molecule has 0 aliphatic heterocycles.